The molecular weight excluding hydrogens is 144 g/mol. The number of carbonyl (C=O) groups is 1. The molecule has 1 unspecified atom stereocenters. The third-order valence-electron chi connectivity index (χ3n) is 2.25. The first-order chi connectivity index (χ1) is 5.03. The van der Waals surface area contributed by atoms with Crippen LogP contribution in [0.3, 0.4) is 0 Å². The highest BCUT2D eigenvalue weighted by Gasteiger charge is 2.36. The Balaban J connectivity index is 2.35. The second-order valence-electron chi connectivity index (χ2n) is 3.29. The molecule has 11 heavy (non-hydrogen) atoms. The summed E-state index contributed by atoms with van der Waals surface area (Å²) in [5.74, 6) is -0.537. The molecule has 64 valence electrons. The van der Waals surface area contributed by atoms with Crippen molar-refractivity contribution in [1.29, 1.82) is 0 Å². The third-order valence-corrected chi connectivity index (χ3v) is 2.25. The number of carbonyl (C=O) groups excluding carboxylic acids is 1. The zero-order valence-electron chi connectivity index (χ0n) is 6.42. The van der Waals surface area contributed by atoms with E-state index in [2.05, 4.69) is 0 Å². The molecule has 5 N–H and O–H groups in total. The Bertz CT molecular complexity index is 166. The van der Waals surface area contributed by atoms with E-state index < -0.39 is 17.6 Å². The van der Waals surface area contributed by atoms with Crippen LogP contribution >= 0.6 is 0 Å². The van der Waals surface area contributed by atoms with Crippen LogP contribution in [0.2, 0.25) is 0 Å². The smallest absolute Gasteiger partial charge is 0.234 e. The fourth-order valence-electron chi connectivity index (χ4n) is 1.30. The molecule has 1 amide bonds. The average Bonchev–Trinajstić information content (AvgIpc) is 1.84. The summed E-state index contributed by atoms with van der Waals surface area (Å²) in [5.41, 5.74) is 9.62. The molecule has 0 spiro atoms. The van der Waals surface area contributed by atoms with E-state index in [0.717, 1.165) is 19.3 Å². The summed E-state index contributed by atoms with van der Waals surface area (Å²) in [6.07, 6.45) is 2.81. The highest BCUT2D eigenvalue weighted by molar-refractivity contribution is 5.79. The minimum absolute atomic E-state index is 0.308. The van der Waals surface area contributed by atoms with Gasteiger partial charge in [-0.05, 0) is 19.3 Å². The van der Waals surface area contributed by atoms with Crippen LogP contribution in [-0.4, -0.2) is 22.7 Å². The van der Waals surface area contributed by atoms with Crippen molar-refractivity contribution in [2.75, 3.05) is 0 Å². The van der Waals surface area contributed by atoms with Gasteiger partial charge in [0.15, 0.2) is 0 Å². The maximum atomic E-state index is 10.5. The van der Waals surface area contributed by atoms with E-state index in [4.69, 9.17) is 11.5 Å². The lowest BCUT2D eigenvalue weighted by Gasteiger charge is -2.37. The molecule has 1 saturated carbocycles. The first-order valence-electron chi connectivity index (χ1n) is 3.81. The third kappa shape index (κ3) is 1.91. The van der Waals surface area contributed by atoms with Gasteiger partial charge in [-0.25, -0.2) is 0 Å². The topological polar surface area (TPSA) is 89.3 Å². The lowest BCUT2D eigenvalue weighted by molar-refractivity contribution is -0.122. The molecule has 1 fully saturated rings. The molecule has 1 aliphatic carbocycles. The van der Waals surface area contributed by atoms with Gasteiger partial charge >= 0.3 is 0 Å². The van der Waals surface area contributed by atoms with E-state index >= 15 is 0 Å². The minimum atomic E-state index is -0.700. The van der Waals surface area contributed by atoms with Crippen LogP contribution in [0.4, 0.5) is 0 Å². The van der Waals surface area contributed by atoms with Gasteiger partial charge in [-0.2, -0.15) is 0 Å². The highest BCUT2D eigenvalue weighted by Crippen LogP contribution is 2.35. The first kappa shape index (κ1) is 8.49. The van der Waals surface area contributed by atoms with Gasteiger partial charge in [-0.1, -0.05) is 0 Å². The van der Waals surface area contributed by atoms with E-state index in [1.807, 2.05) is 0 Å². The molecule has 0 aliphatic heterocycles. The van der Waals surface area contributed by atoms with Gasteiger partial charge < -0.3 is 16.6 Å². The van der Waals surface area contributed by atoms with Crippen molar-refractivity contribution >= 4 is 5.91 Å². The Hall–Kier alpha value is -0.610. The van der Waals surface area contributed by atoms with Gasteiger partial charge in [0.05, 0.1) is 11.6 Å². The molecule has 0 aromatic carbocycles. The Morgan fingerprint density at radius 1 is 1.64 bits per heavy atom. The van der Waals surface area contributed by atoms with Crippen LogP contribution in [0.25, 0.3) is 0 Å². The van der Waals surface area contributed by atoms with Crippen molar-refractivity contribution in [1.82, 2.24) is 0 Å². The number of rotatable bonds is 3. The second-order valence-corrected chi connectivity index (χ2v) is 3.29. The normalized spacial score (nSPS) is 23.8. The standard InChI is InChI=1S/C7H14N2O2/c8-5(6(9)10)4-7(11)2-1-3-7/h5,11H,1-4,8H2,(H2,9,10). The van der Waals surface area contributed by atoms with Crippen LogP contribution in [0, 0.1) is 0 Å². The van der Waals surface area contributed by atoms with Crippen molar-refractivity contribution in [3.63, 3.8) is 0 Å². The van der Waals surface area contributed by atoms with Crippen LogP contribution < -0.4 is 11.5 Å². The lowest BCUT2D eigenvalue weighted by atomic mass is 9.76. The number of hydrogen-bond donors (Lipinski definition) is 3. The molecule has 0 aromatic heterocycles. The number of amides is 1. The minimum Gasteiger partial charge on any atom is -0.390 e. The maximum absolute atomic E-state index is 10.5. The number of primary amides is 1. The fourth-order valence-corrected chi connectivity index (χ4v) is 1.30. The Kier molecular flexibility index (Phi) is 2.15. The molecule has 4 nitrogen and oxygen atoms in total. The Morgan fingerprint density at radius 3 is 2.45 bits per heavy atom. The summed E-state index contributed by atoms with van der Waals surface area (Å²) in [6, 6.07) is -0.694. The van der Waals surface area contributed by atoms with E-state index in [9.17, 15) is 9.90 Å². The number of aliphatic hydroxyl groups is 1. The largest absolute Gasteiger partial charge is 0.390 e. The first-order valence-corrected chi connectivity index (χ1v) is 3.81. The van der Waals surface area contributed by atoms with E-state index in [1.54, 1.807) is 0 Å². The van der Waals surface area contributed by atoms with Crippen LogP contribution in [-0.2, 0) is 4.79 Å². The van der Waals surface area contributed by atoms with Crippen molar-refractivity contribution in [3.05, 3.63) is 0 Å². The highest BCUT2D eigenvalue weighted by atomic mass is 16.3. The molecule has 1 aliphatic rings. The van der Waals surface area contributed by atoms with Gasteiger partial charge in [-0.3, -0.25) is 4.79 Å². The molecule has 1 atom stereocenters. The van der Waals surface area contributed by atoms with Gasteiger partial charge in [0, 0.05) is 6.42 Å². The summed E-state index contributed by atoms with van der Waals surface area (Å²) < 4.78 is 0. The summed E-state index contributed by atoms with van der Waals surface area (Å²) in [5, 5.41) is 9.54. The molecule has 0 radical (unpaired) electrons. The SMILES string of the molecule is NC(=O)C(N)CC1(O)CCC1. The quantitative estimate of drug-likeness (QED) is 0.497. The van der Waals surface area contributed by atoms with E-state index in [0.29, 0.717) is 6.42 Å². The van der Waals surface area contributed by atoms with Crippen molar-refractivity contribution in [3.8, 4) is 0 Å². The Labute approximate surface area is 65.6 Å². The van der Waals surface area contributed by atoms with Crippen molar-refractivity contribution < 1.29 is 9.90 Å². The van der Waals surface area contributed by atoms with E-state index in [1.165, 1.54) is 0 Å². The van der Waals surface area contributed by atoms with E-state index in [-0.39, 0.29) is 0 Å². The summed E-state index contributed by atoms with van der Waals surface area (Å²) in [4.78, 5) is 10.5. The molecule has 0 bridgehead atoms. The molecule has 4 heteroatoms. The molecule has 1 rings (SSSR count). The predicted molar refractivity (Wildman–Crippen MR) is 40.6 cm³/mol. The zero-order valence-corrected chi connectivity index (χ0v) is 6.42. The number of nitrogens with two attached hydrogens (primary N) is 2. The van der Waals surface area contributed by atoms with Crippen molar-refractivity contribution in [2.45, 2.75) is 37.3 Å². The van der Waals surface area contributed by atoms with Gasteiger partial charge in [0.25, 0.3) is 0 Å². The predicted octanol–water partition coefficient (Wildman–Crippen LogP) is -0.896. The van der Waals surface area contributed by atoms with Crippen molar-refractivity contribution in [2.24, 2.45) is 11.5 Å². The molecule has 0 heterocycles. The average molecular weight is 158 g/mol. The molecule has 0 aromatic rings. The Morgan fingerprint density at radius 2 is 2.18 bits per heavy atom. The van der Waals surface area contributed by atoms with Crippen LogP contribution in [0.15, 0.2) is 0 Å². The summed E-state index contributed by atoms with van der Waals surface area (Å²) in [7, 11) is 0. The zero-order chi connectivity index (χ0) is 8.48. The van der Waals surface area contributed by atoms with Gasteiger partial charge in [-0.15, -0.1) is 0 Å². The monoisotopic (exact) mass is 158 g/mol. The second kappa shape index (κ2) is 2.79. The van der Waals surface area contributed by atoms with Gasteiger partial charge in [0.2, 0.25) is 5.91 Å². The molecule has 0 saturated heterocycles. The molecular formula is C7H14N2O2. The summed E-state index contributed by atoms with van der Waals surface area (Å²) in [6.45, 7) is 0. The fraction of sp³-hybridized carbons (Fsp3) is 0.857. The van der Waals surface area contributed by atoms with Crippen LogP contribution in [0.5, 0.6) is 0 Å². The number of hydrogen-bond acceptors (Lipinski definition) is 3. The lowest BCUT2D eigenvalue weighted by Crippen LogP contribution is -2.47. The maximum Gasteiger partial charge on any atom is 0.234 e. The van der Waals surface area contributed by atoms with Gasteiger partial charge in [0.1, 0.15) is 0 Å². The van der Waals surface area contributed by atoms with Crippen LogP contribution in [0.1, 0.15) is 25.7 Å². The summed E-state index contributed by atoms with van der Waals surface area (Å²) >= 11 is 0.